The first-order chi connectivity index (χ1) is 10.1. The third-order valence-corrected chi connectivity index (χ3v) is 3.79. The normalized spacial score (nSPS) is 10.2. The van der Waals surface area contributed by atoms with E-state index in [1.54, 1.807) is 0 Å². The van der Waals surface area contributed by atoms with Gasteiger partial charge in [-0.3, -0.25) is 4.79 Å². The molecule has 0 aliphatic carbocycles. The third kappa shape index (κ3) is 4.39. The Kier molecular flexibility index (Phi) is 5.05. The van der Waals surface area contributed by atoms with E-state index in [1.165, 1.54) is 18.9 Å². The molecule has 0 spiro atoms. The molecule has 0 fully saturated rings. The van der Waals surface area contributed by atoms with Crippen LogP contribution in [0.4, 0.5) is 5.13 Å². The van der Waals surface area contributed by atoms with Crippen molar-refractivity contribution in [1.29, 1.82) is 0 Å². The Bertz CT molecular complexity index is 635. The largest absolute Gasteiger partial charge is 0.465 e. The van der Waals surface area contributed by atoms with E-state index in [-0.39, 0.29) is 5.91 Å². The number of hydrogen-bond donors (Lipinski definition) is 1. The SMILES string of the molecule is COC(=O)c1cnc(NC(=O)CCc2ccc(C)cc2)s1. The van der Waals surface area contributed by atoms with Gasteiger partial charge >= 0.3 is 5.97 Å². The maximum absolute atomic E-state index is 11.8. The van der Waals surface area contributed by atoms with Crippen LogP contribution < -0.4 is 5.32 Å². The maximum Gasteiger partial charge on any atom is 0.349 e. The van der Waals surface area contributed by atoms with E-state index in [0.717, 1.165) is 16.9 Å². The van der Waals surface area contributed by atoms with Crippen LogP contribution in [-0.2, 0) is 16.0 Å². The fraction of sp³-hybridized carbons (Fsp3) is 0.267. The minimum Gasteiger partial charge on any atom is -0.465 e. The van der Waals surface area contributed by atoms with Gasteiger partial charge in [0.15, 0.2) is 5.13 Å². The summed E-state index contributed by atoms with van der Waals surface area (Å²) in [6.07, 6.45) is 2.43. The van der Waals surface area contributed by atoms with Gasteiger partial charge in [-0.15, -0.1) is 0 Å². The lowest BCUT2D eigenvalue weighted by Crippen LogP contribution is -2.12. The van der Waals surface area contributed by atoms with Crippen LogP contribution in [-0.4, -0.2) is 24.0 Å². The number of thiazole rings is 1. The van der Waals surface area contributed by atoms with Gasteiger partial charge in [-0.05, 0) is 18.9 Å². The molecule has 1 aromatic heterocycles. The molecule has 1 heterocycles. The Morgan fingerprint density at radius 2 is 2.00 bits per heavy atom. The first-order valence-electron chi connectivity index (χ1n) is 6.48. The van der Waals surface area contributed by atoms with Crippen molar-refractivity contribution in [3.05, 3.63) is 46.5 Å². The number of esters is 1. The van der Waals surface area contributed by atoms with Crippen molar-refractivity contribution in [2.75, 3.05) is 12.4 Å². The zero-order valence-corrected chi connectivity index (χ0v) is 12.7. The van der Waals surface area contributed by atoms with Gasteiger partial charge in [0.2, 0.25) is 5.91 Å². The number of amides is 1. The van der Waals surface area contributed by atoms with Crippen LogP contribution in [0, 0.1) is 6.92 Å². The molecule has 0 saturated heterocycles. The van der Waals surface area contributed by atoms with Gasteiger partial charge in [0.1, 0.15) is 4.88 Å². The minimum absolute atomic E-state index is 0.124. The van der Waals surface area contributed by atoms with Gasteiger partial charge in [0.05, 0.1) is 13.3 Å². The van der Waals surface area contributed by atoms with Crippen LogP contribution >= 0.6 is 11.3 Å². The summed E-state index contributed by atoms with van der Waals surface area (Å²) in [6, 6.07) is 8.08. The first-order valence-corrected chi connectivity index (χ1v) is 7.29. The molecule has 0 saturated carbocycles. The topological polar surface area (TPSA) is 68.3 Å². The van der Waals surface area contributed by atoms with E-state index in [1.807, 2.05) is 31.2 Å². The second-order valence-electron chi connectivity index (χ2n) is 4.56. The molecule has 0 aliphatic rings. The number of aromatic nitrogens is 1. The lowest BCUT2D eigenvalue weighted by atomic mass is 10.1. The molecule has 0 atom stereocenters. The van der Waals surface area contributed by atoms with Gasteiger partial charge in [-0.2, -0.15) is 0 Å². The Hall–Kier alpha value is -2.21. The third-order valence-electron chi connectivity index (χ3n) is 2.90. The molecule has 2 rings (SSSR count). The molecular formula is C15H16N2O3S. The number of anilines is 1. The van der Waals surface area contributed by atoms with Crippen molar-refractivity contribution >= 4 is 28.3 Å². The van der Waals surface area contributed by atoms with Crippen LogP contribution in [0.2, 0.25) is 0 Å². The fourth-order valence-corrected chi connectivity index (χ4v) is 2.47. The van der Waals surface area contributed by atoms with Gasteiger partial charge in [0.25, 0.3) is 0 Å². The second-order valence-corrected chi connectivity index (χ2v) is 5.59. The molecule has 0 radical (unpaired) electrons. The molecule has 1 amide bonds. The summed E-state index contributed by atoms with van der Waals surface area (Å²) in [7, 11) is 1.31. The molecule has 1 N–H and O–H groups in total. The summed E-state index contributed by atoms with van der Waals surface area (Å²) >= 11 is 1.10. The van der Waals surface area contributed by atoms with Crippen LogP contribution in [0.5, 0.6) is 0 Å². The van der Waals surface area contributed by atoms with E-state index >= 15 is 0 Å². The van der Waals surface area contributed by atoms with Crippen molar-refractivity contribution in [2.45, 2.75) is 19.8 Å². The van der Waals surface area contributed by atoms with E-state index < -0.39 is 5.97 Å². The van der Waals surface area contributed by atoms with Crippen LogP contribution in [0.25, 0.3) is 0 Å². The van der Waals surface area contributed by atoms with E-state index in [2.05, 4.69) is 15.0 Å². The lowest BCUT2D eigenvalue weighted by Gasteiger charge is -2.02. The smallest absolute Gasteiger partial charge is 0.349 e. The Balaban J connectivity index is 1.85. The highest BCUT2D eigenvalue weighted by Gasteiger charge is 2.12. The Labute approximate surface area is 127 Å². The number of nitrogens with zero attached hydrogens (tertiary/aromatic N) is 1. The molecule has 0 unspecified atom stereocenters. The number of nitrogens with one attached hydrogen (secondary N) is 1. The molecule has 0 bridgehead atoms. The van der Waals surface area contributed by atoms with Gasteiger partial charge in [-0.25, -0.2) is 9.78 Å². The van der Waals surface area contributed by atoms with Crippen LogP contribution in [0.1, 0.15) is 27.2 Å². The number of rotatable bonds is 5. The standard InChI is InChI=1S/C15H16N2O3S/c1-10-3-5-11(6-4-10)7-8-13(18)17-15-16-9-12(21-15)14(19)20-2/h3-6,9H,7-8H2,1-2H3,(H,16,17,18). The predicted molar refractivity (Wildman–Crippen MR) is 81.6 cm³/mol. The summed E-state index contributed by atoms with van der Waals surface area (Å²) in [5, 5.41) is 3.09. The number of hydrogen-bond acceptors (Lipinski definition) is 5. The average molecular weight is 304 g/mol. The summed E-state index contributed by atoms with van der Waals surface area (Å²) < 4.78 is 4.59. The highest BCUT2D eigenvalue weighted by Crippen LogP contribution is 2.19. The van der Waals surface area contributed by atoms with Crippen molar-refractivity contribution < 1.29 is 14.3 Å². The number of ether oxygens (including phenoxy) is 1. The summed E-state index contributed by atoms with van der Waals surface area (Å²) in [5.74, 6) is -0.575. The summed E-state index contributed by atoms with van der Waals surface area (Å²) in [5.41, 5.74) is 2.31. The number of methoxy groups -OCH3 is 1. The molecule has 21 heavy (non-hydrogen) atoms. The van der Waals surface area contributed by atoms with Crippen molar-refractivity contribution in [1.82, 2.24) is 4.98 Å². The molecule has 5 nitrogen and oxygen atoms in total. The molecule has 2 aromatic rings. The van der Waals surface area contributed by atoms with E-state index in [4.69, 9.17) is 0 Å². The first kappa shape index (κ1) is 15.2. The zero-order valence-electron chi connectivity index (χ0n) is 11.9. The molecule has 6 heteroatoms. The fourth-order valence-electron chi connectivity index (χ4n) is 1.72. The Morgan fingerprint density at radius 1 is 1.29 bits per heavy atom. The Morgan fingerprint density at radius 3 is 2.67 bits per heavy atom. The van der Waals surface area contributed by atoms with Crippen molar-refractivity contribution in [2.24, 2.45) is 0 Å². The van der Waals surface area contributed by atoms with E-state index in [0.29, 0.717) is 22.9 Å². The maximum atomic E-state index is 11.8. The van der Waals surface area contributed by atoms with Crippen LogP contribution in [0.15, 0.2) is 30.5 Å². The van der Waals surface area contributed by atoms with Crippen molar-refractivity contribution in [3.8, 4) is 0 Å². The second kappa shape index (κ2) is 6.99. The van der Waals surface area contributed by atoms with Crippen LogP contribution in [0.3, 0.4) is 0 Å². The van der Waals surface area contributed by atoms with Crippen molar-refractivity contribution in [3.63, 3.8) is 0 Å². The summed E-state index contributed by atoms with van der Waals surface area (Å²) in [4.78, 5) is 27.5. The van der Waals surface area contributed by atoms with Gasteiger partial charge in [-0.1, -0.05) is 41.2 Å². The number of carbonyl (C=O) groups is 2. The summed E-state index contributed by atoms with van der Waals surface area (Å²) in [6.45, 7) is 2.03. The number of aryl methyl sites for hydroxylation is 2. The zero-order chi connectivity index (χ0) is 15.2. The average Bonchev–Trinajstić information content (AvgIpc) is 2.94. The highest BCUT2D eigenvalue weighted by molar-refractivity contribution is 7.17. The predicted octanol–water partition coefficient (Wildman–Crippen LogP) is 2.81. The van der Waals surface area contributed by atoms with E-state index in [9.17, 15) is 9.59 Å². The van der Waals surface area contributed by atoms with Gasteiger partial charge < -0.3 is 10.1 Å². The monoisotopic (exact) mass is 304 g/mol. The molecule has 1 aromatic carbocycles. The lowest BCUT2D eigenvalue weighted by molar-refractivity contribution is -0.116. The highest BCUT2D eigenvalue weighted by atomic mass is 32.1. The van der Waals surface area contributed by atoms with Gasteiger partial charge in [0, 0.05) is 6.42 Å². The minimum atomic E-state index is -0.451. The number of carbonyl (C=O) groups excluding carboxylic acids is 2. The number of benzene rings is 1. The molecular weight excluding hydrogens is 288 g/mol. The molecule has 0 aliphatic heterocycles. The quantitative estimate of drug-likeness (QED) is 0.862. The molecule has 110 valence electrons.